The minimum atomic E-state index is -1.01. The van der Waals surface area contributed by atoms with Crippen LogP contribution in [0.2, 0.25) is 0 Å². The van der Waals surface area contributed by atoms with Crippen molar-refractivity contribution < 1.29 is 18.2 Å². The third kappa shape index (κ3) is 35.3. The van der Waals surface area contributed by atoms with E-state index < -0.39 is 5.67 Å². The van der Waals surface area contributed by atoms with Crippen LogP contribution in [-0.4, -0.2) is 132 Å². The number of nitrogens with zero attached hydrogens (tertiary/aromatic N) is 5. The molecule has 0 atom stereocenters. The second kappa shape index (κ2) is 28.6. The summed E-state index contributed by atoms with van der Waals surface area (Å²) >= 11 is 0. The molecular weight excluding hydrogens is 795 g/mol. The molecular formula is C50H105F2N10O+. The molecule has 11 nitrogen and oxygen atoms in total. The van der Waals surface area contributed by atoms with Crippen LogP contribution in [0.5, 0.6) is 0 Å². The molecule has 0 radical (unpaired) electrons. The molecule has 5 N–H and O–H groups in total. The van der Waals surface area contributed by atoms with Gasteiger partial charge in [-0.05, 0) is 147 Å². The molecule has 13 heteroatoms. The molecule has 0 amide bonds. The standard InChI is InChI=1S/C11H25N3.C10H16FN2.C10H21NO.C10H21N.C8H18FN3.CH4/c1-5-6-13-7-9-14(10-8-13)12-11(2,3)4;1-8-5-9(11)7-13(6-8)12-10(2,3)4;1-10(2,3)4-5-11-6-8-12-9-7-11;1-10(2,3)11-9-7-5-4-6-8-9;1-7(2,3)10-11-12-5-8(4,9)6-12;/h12H,5-10H2,1-4H3;5-7,12H,1-4H3;4-9H2,1-3H3;9,11H,4-8H2,1-3H3;10-11H,5-6H2,1-4H3;1H4/q;+1;;;;. The number of aromatic nitrogens is 1. The van der Waals surface area contributed by atoms with Gasteiger partial charge in [0.25, 0.3) is 0 Å². The van der Waals surface area contributed by atoms with Crippen molar-refractivity contribution in [2.24, 2.45) is 5.41 Å². The van der Waals surface area contributed by atoms with E-state index in [1.807, 2.05) is 38.9 Å². The van der Waals surface area contributed by atoms with Crippen molar-refractivity contribution in [1.82, 2.24) is 41.5 Å². The van der Waals surface area contributed by atoms with Crippen molar-refractivity contribution in [3.63, 3.8) is 0 Å². The molecule has 0 spiro atoms. The predicted octanol–water partition coefficient (Wildman–Crippen LogP) is 9.02. The lowest BCUT2D eigenvalue weighted by Gasteiger charge is -2.43. The molecule has 5 rings (SSSR count). The van der Waals surface area contributed by atoms with Crippen molar-refractivity contribution in [2.45, 2.75) is 211 Å². The number of pyridine rings is 1. The number of ether oxygens (including phenoxy) is 1. The first-order valence-electron chi connectivity index (χ1n) is 24.1. The van der Waals surface area contributed by atoms with Gasteiger partial charge in [0.1, 0.15) is 5.67 Å². The minimum absolute atomic E-state index is 0. The maximum atomic E-state index is 13.0. The first kappa shape index (κ1) is 61.5. The molecule has 4 fully saturated rings. The highest BCUT2D eigenvalue weighted by atomic mass is 19.1. The van der Waals surface area contributed by atoms with E-state index >= 15 is 0 Å². The molecule has 1 saturated carbocycles. The van der Waals surface area contributed by atoms with Gasteiger partial charge in [0.15, 0.2) is 5.82 Å². The van der Waals surface area contributed by atoms with E-state index in [0.717, 1.165) is 51.0 Å². The van der Waals surface area contributed by atoms with Crippen molar-refractivity contribution >= 4 is 0 Å². The number of hydrazine groups is 3. The van der Waals surface area contributed by atoms with Gasteiger partial charge in [0.2, 0.25) is 12.4 Å². The maximum Gasteiger partial charge on any atom is 0.234 e. The Kier molecular flexibility index (Phi) is 27.9. The molecule has 1 aliphatic carbocycles. The smallest absolute Gasteiger partial charge is 0.234 e. The second-order valence-corrected chi connectivity index (χ2v) is 23.7. The van der Waals surface area contributed by atoms with E-state index in [0.29, 0.717) is 24.0 Å². The average Bonchev–Trinajstić information content (AvgIpc) is 3.09. The van der Waals surface area contributed by atoms with Crippen LogP contribution < -0.4 is 31.8 Å². The molecule has 1 aromatic heterocycles. The summed E-state index contributed by atoms with van der Waals surface area (Å²) in [5.41, 5.74) is 13.5. The topological polar surface area (TPSA) is 86.2 Å². The Hall–Kier alpha value is -1.55. The summed E-state index contributed by atoms with van der Waals surface area (Å²) in [6, 6.07) is 2.30. The van der Waals surface area contributed by atoms with E-state index in [2.05, 4.69) is 132 Å². The first-order chi connectivity index (χ1) is 28.3. The van der Waals surface area contributed by atoms with Gasteiger partial charge in [0, 0.05) is 80.6 Å². The molecule has 1 aromatic rings. The van der Waals surface area contributed by atoms with Crippen LogP contribution in [0.3, 0.4) is 0 Å². The Balaban J connectivity index is 0.000000761. The summed E-state index contributed by atoms with van der Waals surface area (Å²) in [4.78, 5) is 5.04. The maximum absolute atomic E-state index is 13.0. The number of morpholine rings is 1. The fourth-order valence-electron chi connectivity index (χ4n) is 7.26. The summed E-state index contributed by atoms with van der Waals surface area (Å²) in [6.45, 7) is 50.4. The third-order valence-corrected chi connectivity index (χ3v) is 9.99. The normalized spacial score (nSPS) is 19.6. The summed E-state index contributed by atoms with van der Waals surface area (Å²) in [5.74, 6) is -0.225. The zero-order valence-electron chi connectivity index (χ0n) is 43.6. The van der Waals surface area contributed by atoms with Gasteiger partial charge in [0.05, 0.1) is 18.8 Å². The summed E-state index contributed by atoms with van der Waals surface area (Å²) in [6.07, 6.45) is 12.9. The number of alkyl halides is 1. The van der Waals surface area contributed by atoms with Gasteiger partial charge in [-0.25, -0.2) is 29.7 Å². The van der Waals surface area contributed by atoms with Crippen LogP contribution in [0, 0.1) is 18.2 Å². The lowest BCUT2D eigenvalue weighted by atomic mass is 9.92. The number of hydrogen-bond donors (Lipinski definition) is 5. The number of piperazine rings is 1. The van der Waals surface area contributed by atoms with E-state index in [9.17, 15) is 8.78 Å². The monoisotopic (exact) mass is 900 g/mol. The fraction of sp³-hybridized carbons (Fsp3) is 0.900. The summed E-state index contributed by atoms with van der Waals surface area (Å²) in [7, 11) is 0. The summed E-state index contributed by atoms with van der Waals surface area (Å²) < 4.78 is 32.9. The Morgan fingerprint density at radius 1 is 0.714 bits per heavy atom. The number of nitrogens with one attached hydrogen (secondary N) is 5. The van der Waals surface area contributed by atoms with Crippen LogP contribution in [0.4, 0.5) is 8.78 Å². The van der Waals surface area contributed by atoms with Crippen molar-refractivity contribution in [2.75, 3.05) is 84.1 Å². The third-order valence-electron chi connectivity index (χ3n) is 9.99. The Morgan fingerprint density at radius 2 is 1.25 bits per heavy atom. The van der Waals surface area contributed by atoms with Gasteiger partial charge < -0.3 is 15.0 Å². The predicted molar refractivity (Wildman–Crippen MR) is 267 cm³/mol. The number of hydrogen-bond acceptors (Lipinski definition) is 10. The minimum Gasteiger partial charge on any atom is -0.379 e. The molecule has 0 unspecified atom stereocenters. The van der Waals surface area contributed by atoms with E-state index in [1.165, 1.54) is 83.4 Å². The van der Waals surface area contributed by atoms with Crippen LogP contribution in [-0.2, 0) is 4.74 Å². The molecule has 4 aliphatic rings. The van der Waals surface area contributed by atoms with Crippen LogP contribution in [0.25, 0.3) is 0 Å². The molecule has 0 bridgehead atoms. The molecule has 3 saturated heterocycles. The molecule has 4 heterocycles. The van der Waals surface area contributed by atoms with Crippen LogP contribution in [0.15, 0.2) is 18.5 Å². The second-order valence-electron chi connectivity index (χ2n) is 23.7. The number of aryl methyl sites for hydroxylation is 1. The zero-order valence-corrected chi connectivity index (χ0v) is 43.6. The fourth-order valence-corrected chi connectivity index (χ4v) is 7.26. The quantitative estimate of drug-likeness (QED) is 0.122. The number of rotatable bonds is 9. The molecule has 3 aliphatic heterocycles. The van der Waals surface area contributed by atoms with Crippen molar-refractivity contribution in [1.29, 1.82) is 0 Å². The average molecular weight is 900 g/mol. The Bertz CT molecular complexity index is 1280. The SMILES string of the molecule is C.CC(C)(C)CCN1CCOCC1.CC(C)(C)NC1CCCCC1.CC1(F)CN(NNC(C)(C)C)C1.CCCN1CCN(NC(C)(C)C)CC1.Cc1cc(F)c[n+](NC(C)(C)C)c1. The molecule has 0 aromatic carbocycles. The summed E-state index contributed by atoms with van der Waals surface area (Å²) in [5, 5.41) is 7.84. The lowest BCUT2D eigenvalue weighted by Crippen LogP contribution is -2.67. The van der Waals surface area contributed by atoms with Crippen LogP contribution >= 0.6 is 0 Å². The van der Waals surface area contributed by atoms with E-state index in [1.54, 1.807) is 11.6 Å². The largest absolute Gasteiger partial charge is 0.379 e. The van der Waals surface area contributed by atoms with Crippen molar-refractivity contribution in [3.8, 4) is 0 Å². The highest BCUT2D eigenvalue weighted by Crippen LogP contribution is 2.22. The molecule has 374 valence electrons. The number of halogens is 2. The Morgan fingerprint density at radius 3 is 1.68 bits per heavy atom. The zero-order chi connectivity index (χ0) is 47.4. The Labute approximate surface area is 388 Å². The highest BCUT2D eigenvalue weighted by Gasteiger charge is 2.39. The van der Waals surface area contributed by atoms with E-state index in [4.69, 9.17) is 4.74 Å². The highest BCUT2D eigenvalue weighted by molar-refractivity contribution is 5.04. The van der Waals surface area contributed by atoms with Crippen molar-refractivity contribution in [3.05, 3.63) is 29.8 Å². The van der Waals surface area contributed by atoms with Gasteiger partial charge in [-0.3, -0.25) is 4.90 Å². The first-order valence-corrected chi connectivity index (χ1v) is 24.1. The van der Waals surface area contributed by atoms with Gasteiger partial charge in [-0.2, -0.15) is 11.0 Å². The van der Waals surface area contributed by atoms with E-state index in [-0.39, 0.29) is 29.9 Å². The van der Waals surface area contributed by atoms with Gasteiger partial charge >= 0.3 is 0 Å². The van der Waals surface area contributed by atoms with Gasteiger partial charge in [-0.15, -0.1) is 0 Å². The van der Waals surface area contributed by atoms with Gasteiger partial charge in [-0.1, -0.05) is 59.1 Å². The van der Waals surface area contributed by atoms with Crippen LogP contribution in [0.1, 0.15) is 176 Å². The molecule has 63 heavy (non-hydrogen) atoms. The lowest BCUT2D eigenvalue weighted by molar-refractivity contribution is -0.658.